The van der Waals surface area contributed by atoms with E-state index in [2.05, 4.69) is 76.2 Å². The normalized spacial score (nSPS) is 13.6. The quantitative estimate of drug-likeness (QED) is 0.551. The minimum absolute atomic E-state index is 0. The summed E-state index contributed by atoms with van der Waals surface area (Å²) < 4.78 is 7.65. The van der Waals surface area contributed by atoms with E-state index >= 15 is 0 Å². The third-order valence-electron chi connectivity index (χ3n) is 4.00. The number of hydrogen-bond donors (Lipinski definition) is 0. The zero-order valence-corrected chi connectivity index (χ0v) is 18.5. The van der Waals surface area contributed by atoms with E-state index in [0.29, 0.717) is 0 Å². The molecular formula is C21H26Cl2OTi. The molecular weight excluding hydrogens is 387 g/mol. The van der Waals surface area contributed by atoms with Crippen molar-refractivity contribution in [2.24, 2.45) is 5.41 Å². The second kappa shape index (κ2) is 9.39. The molecule has 1 aliphatic carbocycles. The summed E-state index contributed by atoms with van der Waals surface area (Å²) in [5, 5.41) is 2.68. The fourth-order valence-electron chi connectivity index (χ4n) is 2.83. The van der Waals surface area contributed by atoms with Gasteiger partial charge in [0.2, 0.25) is 0 Å². The smallest absolute Gasteiger partial charge is 0.147 e. The predicted molar refractivity (Wildman–Crippen MR) is 110 cm³/mol. The zero-order valence-electron chi connectivity index (χ0n) is 15.3. The molecule has 0 atom stereocenters. The van der Waals surface area contributed by atoms with Crippen molar-refractivity contribution >= 4 is 45.0 Å². The molecule has 4 heteroatoms. The fraction of sp³-hybridized carbons (Fsp3) is 0.333. The van der Waals surface area contributed by atoms with Crippen LogP contribution in [-0.2, 0) is 22.9 Å². The van der Waals surface area contributed by atoms with Crippen LogP contribution in [0.25, 0.3) is 16.3 Å². The molecule has 0 spiro atoms. The first-order valence-electron chi connectivity index (χ1n) is 8.21. The van der Waals surface area contributed by atoms with Crippen molar-refractivity contribution in [2.45, 2.75) is 34.1 Å². The third-order valence-corrected chi connectivity index (χ3v) is 5.61. The van der Waals surface area contributed by atoms with E-state index in [1.54, 1.807) is 0 Å². The predicted octanol–water partition coefficient (Wildman–Crippen LogP) is 6.10. The van der Waals surface area contributed by atoms with E-state index in [0.717, 1.165) is 13.0 Å². The number of hydrogen-bond acceptors (Lipinski definition) is 1. The Balaban J connectivity index is 0.00000156. The molecule has 0 radical (unpaired) electrons. The van der Waals surface area contributed by atoms with Crippen molar-refractivity contribution in [3.8, 4) is 0 Å². The Kier molecular flexibility index (Phi) is 8.44. The maximum Gasteiger partial charge on any atom is -0.147 e. The van der Waals surface area contributed by atoms with Crippen LogP contribution in [0.15, 0.2) is 54.1 Å². The second-order valence-electron chi connectivity index (χ2n) is 7.48. The van der Waals surface area contributed by atoms with Crippen molar-refractivity contribution in [3.05, 3.63) is 59.7 Å². The Hall–Kier alpha value is -0.566. The summed E-state index contributed by atoms with van der Waals surface area (Å²) in [5.41, 5.74) is 4.42. The molecule has 0 bridgehead atoms. The standard InChI is InChI=1S/C16H13.C5H11O.2ClH.Ti/c1-12-6-7-15(10-12)16-9-8-13-4-2-3-5-14(13)11-16;1-5(2,3)4-6;;;/h2-6,8-10H,7H2,1H3;4H2,1-3H3;2*1H;/q;-1;;;+1. The Morgan fingerprint density at radius 2 is 1.76 bits per heavy atom. The van der Waals surface area contributed by atoms with Gasteiger partial charge < -0.3 is 0 Å². The Labute approximate surface area is 173 Å². The van der Waals surface area contributed by atoms with Gasteiger partial charge in [0.1, 0.15) is 0 Å². The molecule has 0 amide bonds. The van der Waals surface area contributed by atoms with Crippen LogP contribution in [0.1, 0.15) is 39.7 Å². The van der Waals surface area contributed by atoms with Crippen LogP contribution in [0.3, 0.4) is 0 Å². The third kappa shape index (κ3) is 5.71. The van der Waals surface area contributed by atoms with Crippen LogP contribution in [-0.4, -0.2) is 6.61 Å². The number of rotatable bonds is 4. The first-order valence-corrected chi connectivity index (χ1v) is 9.63. The fourth-order valence-corrected chi connectivity index (χ4v) is 4.92. The molecule has 0 heterocycles. The molecule has 0 unspecified atom stereocenters. The SMILES string of the molecule is CC1=CCC(c2ccc3ccccc3[c]2[Ti][O]CC(C)(C)C)=C1.Cl.Cl. The Morgan fingerprint density at radius 1 is 1.04 bits per heavy atom. The molecule has 2 aromatic rings. The summed E-state index contributed by atoms with van der Waals surface area (Å²) in [6.07, 6.45) is 5.68. The average Bonchev–Trinajstić information content (AvgIpc) is 2.92. The minimum Gasteiger partial charge on any atom is -0.147 e. The number of fused-ring (bicyclic) bond motifs is 1. The van der Waals surface area contributed by atoms with Crippen molar-refractivity contribution < 1.29 is 22.9 Å². The maximum atomic E-state index is 6.20. The monoisotopic (exact) mass is 412 g/mol. The van der Waals surface area contributed by atoms with E-state index in [1.165, 1.54) is 31.4 Å². The minimum atomic E-state index is -0.614. The molecule has 1 aliphatic rings. The van der Waals surface area contributed by atoms with Gasteiger partial charge in [0.05, 0.1) is 0 Å². The van der Waals surface area contributed by atoms with E-state index < -0.39 is 19.5 Å². The summed E-state index contributed by atoms with van der Waals surface area (Å²) in [5.74, 6) is 0. The van der Waals surface area contributed by atoms with Gasteiger partial charge in [0.15, 0.2) is 0 Å². The number of halogens is 2. The number of allylic oxidation sites excluding steroid dienone is 4. The van der Waals surface area contributed by atoms with E-state index in [9.17, 15) is 0 Å². The second-order valence-corrected chi connectivity index (χ2v) is 9.03. The molecule has 3 rings (SSSR count). The van der Waals surface area contributed by atoms with Gasteiger partial charge in [0.25, 0.3) is 0 Å². The van der Waals surface area contributed by atoms with Crippen LogP contribution in [0.5, 0.6) is 0 Å². The molecule has 0 aliphatic heterocycles. The van der Waals surface area contributed by atoms with Gasteiger partial charge in [-0.15, -0.1) is 24.8 Å². The maximum absolute atomic E-state index is 6.20. The van der Waals surface area contributed by atoms with E-state index in [4.69, 9.17) is 3.32 Å². The molecule has 1 nitrogen and oxygen atoms in total. The average molecular weight is 413 g/mol. The first kappa shape index (κ1) is 22.5. The van der Waals surface area contributed by atoms with E-state index in [1.807, 2.05) is 0 Å². The van der Waals surface area contributed by atoms with Crippen LogP contribution in [0.2, 0.25) is 0 Å². The van der Waals surface area contributed by atoms with Crippen molar-refractivity contribution in [1.82, 2.24) is 0 Å². The Bertz CT molecular complexity index is 788. The van der Waals surface area contributed by atoms with Gasteiger partial charge in [-0.2, -0.15) is 0 Å². The van der Waals surface area contributed by atoms with Gasteiger partial charge in [0, 0.05) is 0 Å². The first-order chi connectivity index (χ1) is 10.9. The van der Waals surface area contributed by atoms with Crippen LogP contribution >= 0.6 is 24.8 Å². The summed E-state index contributed by atoms with van der Waals surface area (Å²) in [7, 11) is 0. The Morgan fingerprint density at radius 3 is 2.40 bits per heavy atom. The zero-order chi connectivity index (χ0) is 16.4. The summed E-state index contributed by atoms with van der Waals surface area (Å²) in [4.78, 5) is 0. The van der Waals surface area contributed by atoms with Crippen LogP contribution in [0.4, 0.5) is 0 Å². The van der Waals surface area contributed by atoms with Crippen LogP contribution in [0, 0.1) is 5.41 Å². The summed E-state index contributed by atoms with van der Waals surface area (Å²) in [6, 6.07) is 13.2. The van der Waals surface area contributed by atoms with Gasteiger partial charge in [-0.25, -0.2) is 0 Å². The summed E-state index contributed by atoms with van der Waals surface area (Å²) >= 11 is -0.614. The number of benzene rings is 2. The molecule has 0 saturated carbocycles. The largest absolute Gasteiger partial charge is 0.147 e. The topological polar surface area (TPSA) is 9.23 Å². The van der Waals surface area contributed by atoms with Crippen LogP contribution < -0.4 is 3.87 Å². The van der Waals surface area contributed by atoms with Gasteiger partial charge >= 0.3 is 149 Å². The van der Waals surface area contributed by atoms with Gasteiger partial charge in [-0.1, -0.05) is 0 Å². The molecule has 0 saturated heterocycles. The van der Waals surface area contributed by atoms with Crippen molar-refractivity contribution in [2.75, 3.05) is 6.61 Å². The summed E-state index contributed by atoms with van der Waals surface area (Å²) in [6.45, 7) is 9.70. The van der Waals surface area contributed by atoms with Gasteiger partial charge in [-0.05, 0) is 0 Å². The molecule has 0 aromatic heterocycles. The molecule has 2 aromatic carbocycles. The molecule has 0 N–H and O–H groups in total. The molecule has 25 heavy (non-hydrogen) atoms. The van der Waals surface area contributed by atoms with Crippen molar-refractivity contribution in [3.63, 3.8) is 0 Å². The van der Waals surface area contributed by atoms with E-state index in [-0.39, 0.29) is 30.2 Å². The van der Waals surface area contributed by atoms with Crippen molar-refractivity contribution in [1.29, 1.82) is 0 Å². The van der Waals surface area contributed by atoms with Gasteiger partial charge in [-0.3, -0.25) is 0 Å². The molecule has 0 fully saturated rings. The molecule has 134 valence electrons.